The van der Waals surface area contributed by atoms with E-state index in [9.17, 15) is 8.42 Å². The number of nitrogens with zero attached hydrogens (tertiary/aromatic N) is 2. The fourth-order valence-corrected chi connectivity index (χ4v) is 4.68. The van der Waals surface area contributed by atoms with Crippen molar-refractivity contribution in [1.82, 2.24) is 19.6 Å². The summed E-state index contributed by atoms with van der Waals surface area (Å²) < 4.78 is 33.4. The van der Waals surface area contributed by atoms with Crippen molar-refractivity contribution in [2.45, 2.75) is 18.2 Å². The summed E-state index contributed by atoms with van der Waals surface area (Å²) in [6.45, 7) is 3.54. The number of H-pyrrole nitrogens is 1. The van der Waals surface area contributed by atoms with Crippen LogP contribution in [0.3, 0.4) is 0 Å². The molecule has 32 heavy (non-hydrogen) atoms. The molecule has 0 spiro atoms. The summed E-state index contributed by atoms with van der Waals surface area (Å²) in [5.41, 5.74) is 4.38. The number of nitrogens with one attached hydrogen (secondary N) is 2. The van der Waals surface area contributed by atoms with Gasteiger partial charge in [0.1, 0.15) is 11.4 Å². The van der Waals surface area contributed by atoms with Gasteiger partial charge >= 0.3 is 0 Å². The first kappa shape index (κ1) is 22.3. The van der Waals surface area contributed by atoms with Gasteiger partial charge in [0.2, 0.25) is 10.0 Å². The number of aromatic amines is 1. The Bertz CT molecular complexity index is 1380. The van der Waals surface area contributed by atoms with Crippen molar-refractivity contribution in [3.05, 3.63) is 54.2 Å². The minimum Gasteiger partial charge on any atom is -0.492 e. The maximum absolute atomic E-state index is 12.4. The van der Waals surface area contributed by atoms with Crippen LogP contribution in [0.5, 0.6) is 5.75 Å². The van der Waals surface area contributed by atoms with Crippen LogP contribution in [0.25, 0.3) is 33.1 Å². The monoisotopic (exact) mass is 452 g/mol. The van der Waals surface area contributed by atoms with Gasteiger partial charge in [0.25, 0.3) is 0 Å². The average molecular weight is 453 g/mol. The summed E-state index contributed by atoms with van der Waals surface area (Å²) in [5.74, 6) is 0.812. The van der Waals surface area contributed by atoms with Crippen LogP contribution >= 0.6 is 0 Å². The second-order valence-electron chi connectivity index (χ2n) is 8.09. The van der Waals surface area contributed by atoms with Crippen LogP contribution in [0.1, 0.15) is 12.0 Å². The molecule has 0 aliphatic rings. The molecule has 0 unspecified atom stereocenters. The maximum Gasteiger partial charge on any atom is 0.240 e. The highest BCUT2D eigenvalue weighted by molar-refractivity contribution is 7.89. The molecule has 0 aliphatic carbocycles. The Balaban J connectivity index is 1.89. The van der Waals surface area contributed by atoms with Crippen molar-refractivity contribution in [2.24, 2.45) is 0 Å². The van der Waals surface area contributed by atoms with E-state index in [1.54, 1.807) is 18.2 Å². The van der Waals surface area contributed by atoms with Crippen molar-refractivity contribution in [2.75, 3.05) is 34.3 Å². The Labute approximate surface area is 188 Å². The highest BCUT2D eigenvalue weighted by atomic mass is 32.2. The van der Waals surface area contributed by atoms with Crippen LogP contribution in [-0.4, -0.2) is 57.6 Å². The highest BCUT2D eigenvalue weighted by Gasteiger charge is 2.18. The third kappa shape index (κ3) is 4.21. The molecule has 2 N–H and O–H groups in total. The molecule has 0 amide bonds. The second kappa shape index (κ2) is 8.90. The Morgan fingerprint density at radius 2 is 1.91 bits per heavy atom. The molecular weight excluding hydrogens is 424 g/mol. The van der Waals surface area contributed by atoms with Gasteiger partial charge in [0.15, 0.2) is 0 Å². The van der Waals surface area contributed by atoms with Gasteiger partial charge in [-0.2, -0.15) is 0 Å². The third-order valence-corrected chi connectivity index (χ3v) is 6.91. The lowest BCUT2D eigenvalue weighted by Gasteiger charge is -2.13. The smallest absolute Gasteiger partial charge is 0.240 e. The summed E-state index contributed by atoms with van der Waals surface area (Å²) >= 11 is 0. The summed E-state index contributed by atoms with van der Waals surface area (Å²) in [5, 5.41) is 1.89. The molecule has 4 rings (SSSR count). The van der Waals surface area contributed by atoms with Crippen LogP contribution in [-0.2, 0) is 10.0 Å². The first-order chi connectivity index (χ1) is 15.3. The van der Waals surface area contributed by atoms with E-state index in [-0.39, 0.29) is 4.90 Å². The minimum absolute atomic E-state index is 0.226. The molecule has 7 nitrogen and oxygen atoms in total. The van der Waals surface area contributed by atoms with Crippen molar-refractivity contribution in [3.63, 3.8) is 0 Å². The number of hydrogen-bond acceptors (Lipinski definition) is 5. The van der Waals surface area contributed by atoms with Gasteiger partial charge in [0.05, 0.1) is 16.9 Å². The van der Waals surface area contributed by atoms with Crippen LogP contribution in [0, 0.1) is 6.92 Å². The Kier molecular flexibility index (Phi) is 6.19. The molecule has 0 radical (unpaired) electrons. The maximum atomic E-state index is 12.4. The molecule has 2 heterocycles. The Morgan fingerprint density at radius 3 is 2.66 bits per heavy atom. The van der Waals surface area contributed by atoms with E-state index in [2.05, 4.69) is 19.6 Å². The van der Waals surface area contributed by atoms with E-state index >= 15 is 0 Å². The van der Waals surface area contributed by atoms with Crippen LogP contribution in [0.2, 0.25) is 0 Å². The molecule has 8 heteroatoms. The molecular formula is C24H28N4O3S. The van der Waals surface area contributed by atoms with Crippen molar-refractivity contribution >= 4 is 32.0 Å². The molecule has 0 saturated carbocycles. The molecule has 0 fully saturated rings. The van der Waals surface area contributed by atoms with E-state index in [0.29, 0.717) is 6.61 Å². The van der Waals surface area contributed by atoms with E-state index in [0.717, 1.165) is 57.3 Å². The SMILES string of the molecule is CNS(=O)(=O)c1cccc(-c2cccc3[nH]c4ncc(C)c(OCCCN(C)C)c4c23)c1. The van der Waals surface area contributed by atoms with E-state index in [1.165, 1.54) is 7.05 Å². The number of pyridine rings is 1. The minimum atomic E-state index is -3.55. The summed E-state index contributed by atoms with van der Waals surface area (Å²) in [6, 6.07) is 12.9. The van der Waals surface area contributed by atoms with Gasteiger partial charge in [-0.3, -0.25) is 0 Å². The number of benzene rings is 2. The Morgan fingerprint density at radius 1 is 1.12 bits per heavy atom. The van der Waals surface area contributed by atoms with Gasteiger partial charge in [-0.15, -0.1) is 0 Å². The number of hydrogen-bond donors (Lipinski definition) is 2. The lowest BCUT2D eigenvalue weighted by atomic mass is 9.99. The number of aryl methyl sites for hydroxylation is 1. The normalized spacial score (nSPS) is 12.2. The number of aromatic nitrogens is 2. The molecule has 4 aromatic rings. The zero-order chi connectivity index (χ0) is 22.9. The second-order valence-corrected chi connectivity index (χ2v) is 9.97. The largest absolute Gasteiger partial charge is 0.492 e. The number of rotatable bonds is 8. The molecule has 2 aromatic heterocycles. The molecule has 0 saturated heterocycles. The van der Waals surface area contributed by atoms with Gasteiger partial charge in [0, 0.05) is 29.2 Å². The van der Waals surface area contributed by atoms with E-state index in [1.807, 2.05) is 51.5 Å². The highest BCUT2D eigenvalue weighted by Crippen LogP contribution is 2.40. The van der Waals surface area contributed by atoms with Crippen LogP contribution < -0.4 is 9.46 Å². The van der Waals surface area contributed by atoms with Gasteiger partial charge in [-0.25, -0.2) is 18.1 Å². The zero-order valence-electron chi connectivity index (χ0n) is 18.8. The van der Waals surface area contributed by atoms with Crippen LogP contribution in [0.4, 0.5) is 0 Å². The summed E-state index contributed by atoms with van der Waals surface area (Å²) in [6.07, 6.45) is 2.73. The van der Waals surface area contributed by atoms with Gasteiger partial charge in [-0.1, -0.05) is 24.3 Å². The first-order valence-corrected chi connectivity index (χ1v) is 12.0. The van der Waals surface area contributed by atoms with E-state index in [4.69, 9.17) is 4.74 Å². The number of fused-ring (bicyclic) bond motifs is 3. The molecule has 0 bridgehead atoms. The molecule has 0 atom stereocenters. The standard InChI is InChI=1S/C24H28N4O3S/c1-16-15-26-24-22(23(16)31-13-7-12-28(3)4)21-19(10-6-11-20(21)27-24)17-8-5-9-18(14-17)32(29,30)25-2/h5-6,8-11,14-15,25H,7,12-13H2,1-4H3,(H,26,27). The lowest BCUT2D eigenvalue weighted by molar-refractivity contribution is 0.283. The fourth-order valence-electron chi connectivity index (χ4n) is 3.90. The summed E-state index contributed by atoms with van der Waals surface area (Å²) in [4.78, 5) is 10.3. The lowest BCUT2D eigenvalue weighted by Crippen LogP contribution is -2.18. The molecule has 168 valence electrons. The average Bonchev–Trinajstić information content (AvgIpc) is 3.16. The van der Waals surface area contributed by atoms with Crippen molar-refractivity contribution in [3.8, 4) is 16.9 Å². The predicted octanol–water partition coefficient (Wildman–Crippen LogP) is 3.93. The Hall–Kier alpha value is -2.94. The fraction of sp³-hybridized carbons (Fsp3) is 0.292. The van der Waals surface area contributed by atoms with E-state index < -0.39 is 10.0 Å². The summed E-state index contributed by atoms with van der Waals surface area (Å²) in [7, 11) is 1.96. The topological polar surface area (TPSA) is 87.3 Å². The van der Waals surface area contributed by atoms with Gasteiger partial charge in [-0.05, 0) is 63.8 Å². The first-order valence-electron chi connectivity index (χ1n) is 10.5. The third-order valence-electron chi connectivity index (χ3n) is 5.50. The predicted molar refractivity (Wildman–Crippen MR) is 129 cm³/mol. The van der Waals surface area contributed by atoms with Crippen molar-refractivity contribution in [1.29, 1.82) is 0 Å². The quantitative estimate of drug-likeness (QED) is 0.396. The zero-order valence-corrected chi connectivity index (χ0v) is 19.6. The van der Waals surface area contributed by atoms with Gasteiger partial charge < -0.3 is 14.6 Å². The number of sulfonamides is 1. The van der Waals surface area contributed by atoms with Crippen LogP contribution in [0.15, 0.2) is 53.6 Å². The molecule has 2 aromatic carbocycles. The number of ether oxygens (including phenoxy) is 1. The van der Waals surface area contributed by atoms with Crippen molar-refractivity contribution < 1.29 is 13.2 Å². The molecule has 0 aliphatic heterocycles.